The Labute approximate surface area is 194 Å². The molecule has 1 heterocycles. The van der Waals surface area contributed by atoms with Gasteiger partial charge in [0.2, 0.25) is 17.7 Å². The van der Waals surface area contributed by atoms with E-state index in [-0.39, 0.29) is 43.1 Å². The highest BCUT2D eigenvalue weighted by Crippen LogP contribution is 2.34. The van der Waals surface area contributed by atoms with E-state index in [9.17, 15) is 14.4 Å². The number of ether oxygens (including phenoxy) is 1. The molecule has 0 fully saturated rings. The molecule has 8 nitrogen and oxygen atoms in total. The Bertz CT molecular complexity index is 989. The minimum atomic E-state index is -0.345. The first-order valence-corrected chi connectivity index (χ1v) is 11.1. The zero-order valence-electron chi connectivity index (χ0n) is 19.0. The van der Waals surface area contributed by atoms with E-state index in [0.717, 1.165) is 29.0 Å². The summed E-state index contributed by atoms with van der Waals surface area (Å²) in [6.07, 6.45) is 1.39. The maximum Gasteiger partial charge on any atom is 0.243 e. The molecule has 0 radical (unpaired) electrons. The fourth-order valence-corrected chi connectivity index (χ4v) is 3.56. The van der Waals surface area contributed by atoms with Crippen LogP contribution in [-0.4, -0.2) is 48.6 Å². The van der Waals surface area contributed by atoms with Gasteiger partial charge in [-0.3, -0.25) is 14.4 Å². The third-order valence-electron chi connectivity index (χ3n) is 5.36. The number of carbonyl (C=O) groups excluding carboxylic acids is 3. The summed E-state index contributed by atoms with van der Waals surface area (Å²) < 4.78 is 5.24. The Morgan fingerprint density at radius 2 is 1.73 bits per heavy atom. The highest BCUT2D eigenvalue weighted by atomic mass is 16.5. The Hall–Kier alpha value is -3.68. The smallest absolute Gasteiger partial charge is 0.243 e. The fraction of sp³-hybridized carbons (Fsp3) is 0.360. The van der Waals surface area contributed by atoms with E-state index in [2.05, 4.69) is 15.7 Å². The van der Waals surface area contributed by atoms with Crippen molar-refractivity contribution in [3.63, 3.8) is 0 Å². The van der Waals surface area contributed by atoms with Gasteiger partial charge in [-0.2, -0.15) is 5.10 Å². The molecule has 1 aliphatic heterocycles. The first kappa shape index (κ1) is 24.0. The van der Waals surface area contributed by atoms with Gasteiger partial charge in [0.15, 0.2) is 0 Å². The van der Waals surface area contributed by atoms with Crippen LogP contribution in [0.15, 0.2) is 59.7 Å². The van der Waals surface area contributed by atoms with Gasteiger partial charge in [-0.05, 0) is 29.7 Å². The minimum Gasteiger partial charge on any atom is -0.497 e. The lowest BCUT2D eigenvalue weighted by molar-refractivity contribution is -0.135. The molecule has 33 heavy (non-hydrogen) atoms. The van der Waals surface area contributed by atoms with E-state index in [0.29, 0.717) is 13.0 Å². The molecule has 2 aromatic rings. The number of carbonyl (C=O) groups is 3. The van der Waals surface area contributed by atoms with Gasteiger partial charge in [0.25, 0.3) is 0 Å². The van der Waals surface area contributed by atoms with E-state index >= 15 is 0 Å². The average molecular weight is 451 g/mol. The average Bonchev–Trinajstić information content (AvgIpc) is 3.31. The van der Waals surface area contributed by atoms with Crippen LogP contribution in [0.25, 0.3) is 0 Å². The van der Waals surface area contributed by atoms with Gasteiger partial charge in [0.1, 0.15) is 5.75 Å². The predicted molar refractivity (Wildman–Crippen MR) is 126 cm³/mol. The maximum atomic E-state index is 13.0. The first-order valence-electron chi connectivity index (χ1n) is 11.1. The zero-order chi connectivity index (χ0) is 23.6. The molecule has 0 saturated carbocycles. The van der Waals surface area contributed by atoms with Crippen molar-refractivity contribution in [2.75, 3.05) is 20.2 Å². The molecule has 8 heteroatoms. The number of benzene rings is 2. The molecular weight excluding hydrogens is 420 g/mol. The van der Waals surface area contributed by atoms with E-state index in [1.807, 2.05) is 61.5 Å². The quantitative estimate of drug-likeness (QED) is 0.581. The Morgan fingerprint density at radius 3 is 2.39 bits per heavy atom. The fourth-order valence-electron chi connectivity index (χ4n) is 3.56. The van der Waals surface area contributed by atoms with Gasteiger partial charge in [-0.15, -0.1) is 0 Å². The number of methoxy groups -OCH3 is 1. The molecule has 0 spiro atoms. The van der Waals surface area contributed by atoms with E-state index in [4.69, 9.17) is 4.74 Å². The number of rotatable bonds is 10. The van der Waals surface area contributed by atoms with Crippen LogP contribution >= 0.6 is 0 Å². The molecule has 2 aromatic carbocycles. The standard InChI is InChI=1S/C25H30N4O4/c1-3-15-26-24(31)17-27-23(30)13-14-25(32)29-22(19-9-11-20(33-2)12-10-19)16-21(28-29)18-7-5-4-6-8-18/h4-12,22H,3,13-17H2,1-2H3,(H,26,31)(H,27,30). The van der Waals surface area contributed by atoms with Crippen molar-refractivity contribution < 1.29 is 19.1 Å². The van der Waals surface area contributed by atoms with Gasteiger partial charge in [0.05, 0.1) is 25.4 Å². The largest absolute Gasteiger partial charge is 0.497 e. The molecule has 0 aromatic heterocycles. The molecular formula is C25H30N4O4. The van der Waals surface area contributed by atoms with Crippen LogP contribution in [-0.2, 0) is 14.4 Å². The lowest BCUT2D eigenvalue weighted by Gasteiger charge is -2.22. The van der Waals surface area contributed by atoms with Crippen molar-refractivity contribution in [1.82, 2.24) is 15.6 Å². The van der Waals surface area contributed by atoms with Crippen molar-refractivity contribution in [3.8, 4) is 5.75 Å². The number of nitrogens with one attached hydrogen (secondary N) is 2. The number of hydrogen-bond acceptors (Lipinski definition) is 5. The van der Waals surface area contributed by atoms with Gasteiger partial charge in [-0.25, -0.2) is 5.01 Å². The van der Waals surface area contributed by atoms with Crippen molar-refractivity contribution in [1.29, 1.82) is 0 Å². The molecule has 0 bridgehead atoms. The van der Waals surface area contributed by atoms with Crippen LogP contribution in [0.1, 0.15) is 49.8 Å². The van der Waals surface area contributed by atoms with Crippen LogP contribution in [0.4, 0.5) is 0 Å². The van der Waals surface area contributed by atoms with Gasteiger partial charge >= 0.3 is 0 Å². The molecule has 3 amide bonds. The number of nitrogens with zero attached hydrogens (tertiary/aromatic N) is 2. The summed E-state index contributed by atoms with van der Waals surface area (Å²) in [5, 5.41) is 11.3. The summed E-state index contributed by atoms with van der Waals surface area (Å²) in [5.74, 6) is -0.0963. The zero-order valence-corrected chi connectivity index (χ0v) is 19.0. The van der Waals surface area contributed by atoms with Crippen LogP contribution in [0.2, 0.25) is 0 Å². The second kappa shape index (κ2) is 11.8. The van der Waals surface area contributed by atoms with Crippen molar-refractivity contribution in [2.45, 2.75) is 38.6 Å². The summed E-state index contributed by atoms with van der Waals surface area (Å²) in [4.78, 5) is 36.8. The Kier molecular flexibility index (Phi) is 8.57. The summed E-state index contributed by atoms with van der Waals surface area (Å²) in [6.45, 7) is 2.42. The summed E-state index contributed by atoms with van der Waals surface area (Å²) >= 11 is 0. The second-order valence-corrected chi connectivity index (χ2v) is 7.77. The number of amides is 3. The molecule has 1 aliphatic rings. The van der Waals surface area contributed by atoms with Crippen LogP contribution < -0.4 is 15.4 Å². The van der Waals surface area contributed by atoms with Crippen molar-refractivity contribution >= 4 is 23.4 Å². The Morgan fingerprint density at radius 1 is 1.00 bits per heavy atom. The summed E-state index contributed by atoms with van der Waals surface area (Å²) in [5.41, 5.74) is 2.72. The SMILES string of the molecule is CCCNC(=O)CNC(=O)CCC(=O)N1N=C(c2ccccc2)CC1c1ccc(OC)cc1. The third-order valence-corrected chi connectivity index (χ3v) is 5.36. The lowest BCUT2D eigenvalue weighted by atomic mass is 9.98. The third kappa shape index (κ3) is 6.65. The predicted octanol–water partition coefficient (Wildman–Crippen LogP) is 2.80. The van der Waals surface area contributed by atoms with E-state index in [1.165, 1.54) is 5.01 Å². The molecule has 1 unspecified atom stereocenters. The Balaban J connectivity index is 1.66. The first-order chi connectivity index (χ1) is 16.0. The molecule has 3 rings (SSSR count). The second-order valence-electron chi connectivity index (χ2n) is 7.77. The lowest BCUT2D eigenvalue weighted by Crippen LogP contribution is -2.37. The van der Waals surface area contributed by atoms with Gasteiger partial charge in [0, 0.05) is 25.8 Å². The molecule has 174 valence electrons. The van der Waals surface area contributed by atoms with Crippen molar-refractivity contribution in [2.24, 2.45) is 5.10 Å². The van der Waals surface area contributed by atoms with Crippen LogP contribution in [0.5, 0.6) is 5.75 Å². The number of hydrazone groups is 1. The molecule has 2 N–H and O–H groups in total. The number of hydrogen-bond donors (Lipinski definition) is 2. The topological polar surface area (TPSA) is 100 Å². The van der Waals surface area contributed by atoms with E-state index < -0.39 is 0 Å². The maximum absolute atomic E-state index is 13.0. The molecule has 0 aliphatic carbocycles. The van der Waals surface area contributed by atoms with Gasteiger partial charge < -0.3 is 15.4 Å². The summed E-state index contributed by atoms with van der Waals surface area (Å²) in [6, 6.07) is 17.0. The van der Waals surface area contributed by atoms with Gasteiger partial charge in [-0.1, -0.05) is 49.4 Å². The van der Waals surface area contributed by atoms with Crippen LogP contribution in [0.3, 0.4) is 0 Å². The molecule has 1 atom stereocenters. The highest BCUT2D eigenvalue weighted by Gasteiger charge is 2.33. The normalized spacial score (nSPS) is 15.0. The summed E-state index contributed by atoms with van der Waals surface area (Å²) in [7, 11) is 1.61. The van der Waals surface area contributed by atoms with E-state index in [1.54, 1.807) is 7.11 Å². The van der Waals surface area contributed by atoms with Crippen LogP contribution in [0, 0.1) is 0 Å². The van der Waals surface area contributed by atoms with Crippen molar-refractivity contribution in [3.05, 3.63) is 65.7 Å². The minimum absolute atomic E-state index is 0.000632. The highest BCUT2D eigenvalue weighted by molar-refractivity contribution is 6.03. The molecule has 0 saturated heterocycles. The monoisotopic (exact) mass is 450 g/mol.